The molecular weight excluding hydrogens is 242 g/mol. The molecule has 0 spiro atoms. The standard InChI is InChI=1S/C19H39N/c1-4-6-7-8-9-10-11-12-18-16-17(3)13-14-19(18)20-15-5-2/h17-20H,4-16H2,1-3H3. The van der Waals surface area contributed by atoms with Crippen molar-refractivity contribution in [2.75, 3.05) is 6.54 Å². The summed E-state index contributed by atoms with van der Waals surface area (Å²) >= 11 is 0. The van der Waals surface area contributed by atoms with Crippen molar-refractivity contribution in [2.24, 2.45) is 11.8 Å². The number of hydrogen-bond donors (Lipinski definition) is 1. The van der Waals surface area contributed by atoms with Crippen molar-refractivity contribution in [2.45, 2.75) is 104 Å². The molecule has 0 heterocycles. The van der Waals surface area contributed by atoms with Crippen LogP contribution in [0, 0.1) is 11.8 Å². The second-order valence-corrected chi connectivity index (χ2v) is 7.15. The van der Waals surface area contributed by atoms with Gasteiger partial charge in [0.2, 0.25) is 0 Å². The molecule has 1 heteroatoms. The zero-order valence-electron chi connectivity index (χ0n) is 14.4. The Morgan fingerprint density at radius 1 is 0.850 bits per heavy atom. The van der Waals surface area contributed by atoms with Crippen molar-refractivity contribution in [1.29, 1.82) is 0 Å². The van der Waals surface area contributed by atoms with Crippen LogP contribution in [0.15, 0.2) is 0 Å². The third-order valence-electron chi connectivity index (χ3n) is 5.08. The molecular formula is C19H39N. The van der Waals surface area contributed by atoms with Gasteiger partial charge in [0.1, 0.15) is 0 Å². The number of nitrogens with one attached hydrogen (secondary N) is 1. The summed E-state index contributed by atoms with van der Waals surface area (Å²) in [6.07, 6.45) is 17.2. The van der Waals surface area contributed by atoms with E-state index >= 15 is 0 Å². The lowest BCUT2D eigenvalue weighted by molar-refractivity contribution is 0.199. The maximum Gasteiger partial charge on any atom is 0.00955 e. The fraction of sp³-hybridized carbons (Fsp3) is 1.00. The molecule has 0 saturated heterocycles. The van der Waals surface area contributed by atoms with E-state index in [1.54, 1.807) is 0 Å². The average Bonchev–Trinajstić information content (AvgIpc) is 2.45. The molecule has 0 amide bonds. The molecule has 1 rings (SSSR count). The van der Waals surface area contributed by atoms with Crippen LogP contribution in [0.25, 0.3) is 0 Å². The molecule has 1 aliphatic carbocycles. The Hall–Kier alpha value is -0.0400. The van der Waals surface area contributed by atoms with E-state index in [-0.39, 0.29) is 0 Å². The Morgan fingerprint density at radius 3 is 2.25 bits per heavy atom. The van der Waals surface area contributed by atoms with E-state index in [0.717, 1.165) is 17.9 Å². The molecule has 20 heavy (non-hydrogen) atoms. The average molecular weight is 282 g/mol. The predicted octanol–water partition coefficient (Wildman–Crippen LogP) is 5.93. The Bertz CT molecular complexity index is 212. The van der Waals surface area contributed by atoms with Gasteiger partial charge >= 0.3 is 0 Å². The van der Waals surface area contributed by atoms with E-state index in [1.165, 1.54) is 83.6 Å². The topological polar surface area (TPSA) is 12.0 Å². The lowest BCUT2D eigenvalue weighted by Crippen LogP contribution is -2.40. The SMILES string of the molecule is CCCCCCCCCC1CC(C)CCC1NCCC. The molecule has 3 unspecified atom stereocenters. The van der Waals surface area contributed by atoms with Crippen molar-refractivity contribution in [1.82, 2.24) is 5.32 Å². The van der Waals surface area contributed by atoms with Gasteiger partial charge in [-0.1, -0.05) is 65.7 Å². The molecule has 0 aromatic heterocycles. The van der Waals surface area contributed by atoms with Crippen molar-refractivity contribution < 1.29 is 0 Å². The molecule has 1 fully saturated rings. The third kappa shape index (κ3) is 7.67. The van der Waals surface area contributed by atoms with Crippen LogP contribution in [0.5, 0.6) is 0 Å². The lowest BCUT2D eigenvalue weighted by atomic mass is 9.76. The maximum absolute atomic E-state index is 3.81. The zero-order valence-corrected chi connectivity index (χ0v) is 14.4. The van der Waals surface area contributed by atoms with Gasteiger partial charge in [-0.15, -0.1) is 0 Å². The van der Waals surface area contributed by atoms with Gasteiger partial charge in [-0.05, 0) is 50.5 Å². The minimum absolute atomic E-state index is 0.825. The highest BCUT2D eigenvalue weighted by atomic mass is 14.9. The lowest BCUT2D eigenvalue weighted by Gasteiger charge is -2.35. The van der Waals surface area contributed by atoms with E-state index in [1.807, 2.05) is 0 Å². The van der Waals surface area contributed by atoms with E-state index in [0.29, 0.717) is 0 Å². The smallest absolute Gasteiger partial charge is 0.00955 e. The molecule has 0 aromatic carbocycles. The van der Waals surface area contributed by atoms with Crippen LogP contribution in [0.3, 0.4) is 0 Å². The van der Waals surface area contributed by atoms with Crippen molar-refractivity contribution >= 4 is 0 Å². The summed E-state index contributed by atoms with van der Waals surface area (Å²) in [5.74, 6) is 1.92. The highest BCUT2D eigenvalue weighted by Gasteiger charge is 2.27. The maximum atomic E-state index is 3.81. The highest BCUT2D eigenvalue weighted by molar-refractivity contribution is 4.83. The van der Waals surface area contributed by atoms with Crippen LogP contribution in [-0.2, 0) is 0 Å². The molecule has 120 valence electrons. The molecule has 0 aromatic rings. The minimum atomic E-state index is 0.825. The van der Waals surface area contributed by atoms with E-state index in [2.05, 4.69) is 26.1 Å². The van der Waals surface area contributed by atoms with Gasteiger partial charge < -0.3 is 5.32 Å². The third-order valence-corrected chi connectivity index (χ3v) is 5.08. The van der Waals surface area contributed by atoms with E-state index < -0.39 is 0 Å². The van der Waals surface area contributed by atoms with Gasteiger partial charge in [-0.3, -0.25) is 0 Å². The van der Waals surface area contributed by atoms with Crippen LogP contribution in [0.2, 0.25) is 0 Å². The summed E-state index contributed by atoms with van der Waals surface area (Å²) in [4.78, 5) is 0. The Balaban J connectivity index is 2.13. The molecule has 0 bridgehead atoms. The van der Waals surface area contributed by atoms with Crippen LogP contribution < -0.4 is 5.32 Å². The molecule has 1 saturated carbocycles. The molecule has 0 radical (unpaired) electrons. The fourth-order valence-corrected chi connectivity index (χ4v) is 3.78. The normalized spacial score (nSPS) is 26.9. The van der Waals surface area contributed by atoms with Gasteiger partial charge in [-0.25, -0.2) is 0 Å². The fourth-order valence-electron chi connectivity index (χ4n) is 3.78. The summed E-state index contributed by atoms with van der Waals surface area (Å²) in [7, 11) is 0. The molecule has 1 aliphatic rings. The van der Waals surface area contributed by atoms with Crippen LogP contribution in [-0.4, -0.2) is 12.6 Å². The first kappa shape index (κ1) is 18.0. The van der Waals surface area contributed by atoms with Gasteiger partial charge in [0, 0.05) is 6.04 Å². The first-order valence-electron chi connectivity index (χ1n) is 9.51. The Kier molecular flexibility index (Phi) is 10.4. The van der Waals surface area contributed by atoms with E-state index in [9.17, 15) is 0 Å². The first-order chi connectivity index (χ1) is 9.77. The highest BCUT2D eigenvalue weighted by Crippen LogP contribution is 2.32. The van der Waals surface area contributed by atoms with Crippen LogP contribution >= 0.6 is 0 Å². The quantitative estimate of drug-likeness (QED) is 0.463. The first-order valence-corrected chi connectivity index (χ1v) is 9.51. The van der Waals surface area contributed by atoms with Crippen LogP contribution in [0.1, 0.15) is 97.8 Å². The number of rotatable bonds is 11. The number of hydrogen-bond acceptors (Lipinski definition) is 1. The zero-order chi connectivity index (χ0) is 14.6. The van der Waals surface area contributed by atoms with Gasteiger partial charge in [-0.2, -0.15) is 0 Å². The largest absolute Gasteiger partial charge is 0.314 e. The number of unbranched alkanes of at least 4 members (excludes halogenated alkanes) is 6. The monoisotopic (exact) mass is 281 g/mol. The summed E-state index contributed by atoms with van der Waals surface area (Å²) < 4.78 is 0. The van der Waals surface area contributed by atoms with Crippen molar-refractivity contribution in [3.63, 3.8) is 0 Å². The van der Waals surface area contributed by atoms with Gasteiger partial charge in [0.15, 0.2) is 0 Å². The Labute approximate surface area is 128 Å². The molecule has 1 N–H and O–H groups in total. The summed E-state index contributed by atoms with van der Waals surface area (Å²) in [5.41, 5.74) is 0. The predicted molar refractivity (Wildman–Crippen MR) is 91.2 cm³/mol. The van der Waals surface area contributed by atoms with Crippen LogP contribution in [0.4, 0.5) is 0 Å². The van der Waals surface area contributed by atoms with E-state index in [4.69, 9.17) is 0 Å². The van der Waals surface area contributed by atoms with Gasteiger partial charge in [0.25, 0.3) is 0 Å². The summed E-state index contributed by atoms with van der Waals surface area (Å²) in [5, 5.41) is 3.81. The minimum Gasteiger partial charge on any atom is -0.314 e. The second-order valence-electron chi connectivity index (χ2n) is 7.15. The Morgan fingerprint density at radius 2 is 1.55 bits per heavy atom. The summed E-state index contributed by atoms with van der Waals surface area (Å²) in [6, 6.07) is 0.825. The summed E-state index contributed by atoms with van der Waals surface area (Å²) in [6.45, 7) is 8.25. The van der Waals surface area contributed by atoms with Crippen molar-refractivity contribution in [3.8, 4) is 0 Å². The molecule has 0 aliphatic heterocycles. The molecule has 1 nitrogen and oxygen atoms in total. The van der Waals surface area contributed by atoms with Gasteiger partial charge in [0.05, 0.1) is 0 Å². The molecule has 3 atom stereocenters. The second kappa shape index (κ2) is 11.6. The van der Waals surface area contributed by atoms with Crippen molar-refractivity contribution in [3.05, 3.63) is 0 Å².